The van der Waals surface area contributed by atoms with E-state index in [9.17, 15) is 23.4 Å². The van der Waals surface area contributed by atoms with Gasteiger partial charge in [0.25, 0.3) is 0 Å². The van der Waals surface area contributed by atoms with Crippen LogP contribution in [0.3, 0.4) is 0 Å². The summed E-state index contributed by atoms with van der Waals surface area (Å²) in [4.78, 5) is 10.7. The number of carboxylic acids is 1. The van der Waals surface area contributed by atoms with Crippen molar-refractivity contribution in [3.8, 4) is 5.75 Å². The smallest absolute Gasteiger partial charge is 0.546 e. The average Bonchev–Trinajstić information content (AvgIpc) is 2.80. The number of aliphatic hydroxyl groups is 1. The van der Waals surface area contributed by atoms with Crippen LogP contribution in [0.15, 0.2) is 82.6 Å². The van der Waals surface area contributed by atoms with Crippen LogP contribution in [0.1, 0.15) is 17.2 Å². The first kappa shape index (κ1) is 28.3. The molecule has 10 heteroatoms. The van der Waals surface area contributed by atoms with Gasteiger partial charge in [-0.25, -0.2) is 8.42 Å². The van der Waals surface area contributed by atoms with Gasteiger partial charge in [0, 0.05) is 11.6 Å². The first-order chi connectivity index (χ1) is 15.8. The minimum absolute atomic E-state index is 0. The fourth-order valence-electron chi connectivity index (χ4n) is 3.27. The second-order valence-corrected chi connectivity index (χ2v) is 9.63. The summed E-state index contributed by atoms with van der Waals surface area (Å²) in [5, 5.41) is 24.6. The number of hydrogen-bond donors (Lipinski definition) is 2. The third-order valence-electron chi connectivity index (χ3n) is 4.88. The van der Waals surface area contributed by atoms with Gasteiger partial charge in [0.05, 0.1) is 21.9 Å². The number of nitrogens with one attached hydrogen (secondary N) is 1. The van der Waals surface area contributed by atoms with Crippen LogP contribution in [0.4, 0.5) is 0 Å². The fraction of sp³-hybridized carbons (Fsp3) is 0.208. The van der Waals surface area contributed by atoms with Crippen molar-refractivity contribution in [1.82, 2.24) is 5.32 Å². The molecule has 3 aromatic carbocycles. The molecule has 1 atom stereocenters. The van der Waals surface area contributed by atoms with Gasteiger partial charge in [0.1, 0.15) is 12.4 Å². The average molecular weight is 512 g/mol. The zero-order valence-corrected chi connectivity index (χ0v) is 22.2. The van der Waals surface area contributed by atoms with Crippen molar-refractivity contribution in [3.63, 3.8) is 0 Å². The molecule has 0 spiro atoms. The van der Waals surface area contributed by atoms with Gasteiger partial charge in [-0.1, -0.05) is 48.0 Å². The Labute approximate surface area is 225 Å². The zero-order valence-electron chi connectivity index (χ0n) is 18.6. The summed E-state index contributed by atoms with van der Waals surface area (Å²) in [5.74, 6) is -1.28. The number of sulfone groups is 1. The second kappa shape index (κ2) is 13.3. The van der Waals surface area contributed by atoms with Crippen molar-refractivity contribution in [2.24, 2.45) is 0 Å². The Hall–Kier alpha value is -1.91. The SMILES string of the molecule is O=C([O-])COc1cccc(S(=O)(=O)c2ccccc2CCNC[C@H](O)c2cccc(Cl)c2)c1.[Na+]. The summed E-state index contributed by atoms with van der Waals surface area (Å²) in [6.45, 7) is 0.0544. The Bertz CT molecular complexity index is 1220. The molecule has 0 unspecified atom stereocenters. The third-order valence-corrected chi connectivity index (χ3v) is 6.96. The summed E-state index contributed by atoms with van der Waals surface area (Å²) >= 11 is 5.96. The third kappa shape index (κ3) is 7.81. The van der Waals surface area contributed by atoms with Crippen LogP contribution in [0, 0.1) is 0 Å². The van der Waals surface area contributed by atoms with E-state index in [0.29, 0.717) is 29.1 Å². The molecule has 0 amide bonds. The van der Waals surface area contributed by atoms with Crippen LogP contribution >= 0.6 is 11.6 Å². The van der Waals surface area contributed by atoms with Gasteiger partial charge in [-0.15, -0.1) is 0 Å². The molecule has 0 aliphatic rings. The van der Waals surface area contributed by atoms with Gasteiger partial charge in [0.2, 0.25) is 9.84 Å². The van der Waals surface area contributed by atoms with Crippen LogP contribution < -0.4 is 44.7 Å². The first-order valence-electron chi connectivity index (χ1n) is 10.2. The molecular formula is C24H23ClNNaO6S. The summed E-state index contributed by atoms with van der Waals surface area (Å²) < 4.78 is 31.5. The van der Waals surface area contributed by atoms with E-state index >= 15 is 0 Å². The zero-order chi connectivity index (χ0) is 23.8. The number of carboxylic acid groups (broad SMARTS) is 1. The normalized spacial score (nSPS) is 11.9. The molecule has 174 valence electrons. The van der Waals surface area contributed by atoms with Crippen molar-refractivity contribution in [2.45, 2.75) is 22.3 Å². The van der Waals surface area contributed by atoms with Crippen molar-refractivity contribution < 1.29 is 57.7 Å². The summed E-state index contributed by atoms with van der Waals surface area (Å²) in [6, 6.07) is 19.3. The molecule has 0 radical (unpaired) electrons. The molecule has 3 rings (SSSR count). The van der Waals surface area contributed by atoms with Gasteiger partial charge >= 0.3 is 29.6 Å². The predicted molar refractivity (Wildman–Crippen MR) is 122 cm³/mol. The monoisotopic (exact) mass is 511 g/mol. The van der Waals surface area contributed by atoms with Crippen LogP contribution in [-0.2, 0) is 21.1 Å². The molecule has 0 saturated carbocycles. The van der Waals surface area contributed by atoms with Gasteiger partial charge in [-0.05, 0) is 60.5 Å². The van der Waals surface area contributed by atoms with Crippen LogP contribution in [-0.4, -0.2) is 39.2 Å². The van der Waals surface area contributed by atoms with Crippen LogP contribution in [0.2, 0.25) is 5.02 Å². The molecule has 0 aliphatic heterocycles. The van der Waals surface area contributed by atoms with E-state index in [1.165, 1.54) is 30.3 Å². The molecule has 0 saturated heterocycles. The number of hydrogen-bond acceptors (Lipinski definition) is 7. The van der Waals surface area contributed by atoms with E-state index in [1.807, 2.05) is 0 Å². The Morgan fingerprint density at radius 2 is 1.79 bits per heavy atom. The molecule has 34 heavy (non-hydrogen) atoms. The number of carbonyl (C=O) groups excluding carboxylic acids is 1. The number of carbonyl (C=O) groups is 1. The minimum atomic E-state index is -3.87. The van der Waals surface area contributed by atoms with E-state index in [-0.39, 0.29) is 51.6 Å². The number of halogens is 1. The Kier molecular flexibility index (Phi) is 11.0. The molecule has 3 aromatic rings. The molecular weight excluding hydrogens is 489 g/mol. The van der Waals surface area contributed by atoms with E-state index in [4.69, 9.17) is 16.3 Å². The fourth-order valence-corrected chi connectivity index (χ4v) is 5.02. The Morgan fingerprint density at radius 1 is 1.06 bits per heavy atom. The van der Waals surface area contributed by atoms with Crippen molar-refractivity contribution in [1.29, 1.82) is 0 Å². The number of benzene rings is 3. The van der Waals surface area contributed by atoms with E-state index in [0.717, 1.165) is 0 Å². The second-order valence-electron chi connectivity index (χ2n) is 7.27. The van der Waals surface area contributed by atoms with Crippen LogP contribution in [0.25, 0.3) is 0 Å². The molecule has 2 N–H and O–H groups in total. The van der Waals surface area contributed by atoms with Crippen molar-refractivity contribution in [3.05, 3.63) is 88.9 Å². The standard InChI is InChI=1S/C24H24ClNO6S.Na/c25-19-7-3-6-18(13-19)22(27)15-26-12-11-17-5-1-2-10-23(17)33(30,31)21-9-4-8-20(14-21)32-16-24(28)29;/h1-10,13-14,22,26-27H,11-12,15-16H2,(H,28,29);/q;+1/p-1/t22-;/m0./s1. The molecule has 0 aromatic heterocycles. The van der Waals surface area contributed by atoms with Gasteiger partial charge in [-0.2, -0.15) is 0 Å². The molecule has 0 aliphatic carbocycles. The summed E-state index contributed by atoms with van der Waals surface area (Å²) in [7, 11) is -3.87. The number of ether oxygens (including phenoxy) is 1. The van der Waals surface area contributed by atoms with Gasteiger partial charge in [-0.3, -0.25) is 0 Å². The maximum absolute atomic E-state index is 13.2. The molecule has 0 heterocycles. The topological polar surface area (TPSA) is 116 Å². The quantitative estimate of drug-likeness (QED) is 0.255. The van der Waals surface area contributed by atoms with Gasteiger partial charge < -0.3 is 25.1 Å². The van der Waals surface area contributed by atoms with Crippen LogP contribution in [0.5, 0.6) is 5.75 Å². The summed E-state index contributed by atoms with van der Waals surface area (Å²) in [5.41, 5.74) is 1.31. The van der Waals surface area contributed by atoms with Crippen molar-refractivity contribution >= 4 is 27.4 Å². The number of aliphatic hydroxyl groups excluding tert-OH is 1. The maximum atomic E-state index is 13.2. The predicted octanol–water partition coefficient (Wildman–Crippen LogP) is -0.829. The first-order valence-corrected chi connectivity index (χ1v) is 12.0. The van der Waals surface area contributed by atoms with E-state index in [1.54, 1.807) is 42.5 Å². The number of rotatable bonds is 11. The molecule has 0 fully saturated rings. The van der Waals surface area contributed by atoms with E-state index < -0.39 is 28.5 Å². The molecule has 7 nitrogen and oxygen atoms in total. The van der Waals surface area contributed by atoms with E-state index in [2.05, 4.69) is 5.32 Å². The summed E-state index contributed by atoms with van der Waals surface area (Å²) in [6.07, 6.45) is -0.329. The largest absolute Gasteiger partial charge is 1.00 e. The molecule has 0 bridgehead atoms. The minimum Gasteiger partial charge on any atom is -0.546 e. The maximum Gasteiger partial charge on any atom is 1.00 e. The number of aliphatic carboxylic acids is 1. The Balaban J connectivity index is 0.00000408. The Morgan fingerprint density at radius 3 is 2.53 bits per heavy atom. The van der Waals surface area contributed by atoms with Crippen molar-refractivity contribution in [2.75, 3.05) is 19.7 Å². The van der Waals surface area contributed by atoms with Gasteiger partial charge in [0.15, 0.2) is 0 Å².